The molecule has 1 heterocycles. The van der Waals surface area contributed by atoms with Gasteiger partial charge in [0.1, 0.15) is 5.75 Å². The van der Waals surface area contributed by atoms with Crippen molar-refractivity contribution in [1.29, 1.82) is 0 Å². The number of hydrogen-bond donors (Lipinski definition) is 2. The number of para-hydroxylation sites is 1. The lowest BCUT2D eigenvalue weighted by Crippen LogP contribution is -2.34. The first-order valence-electron chi connectivity index (χ1n) is 11.7. The van der Waals surface area contributed by atoms with E-state index in [0.717, 1.165) is 38.9 Å². The number of aromatic hydroxyl groups is 1. The van der Waals surface area contributed by atoms with Gasteiger partial charge in [0.25, 0.3) is 0 Å². The van der Waals surface area contributed by atoms with E-state index in [0.29, 0.717) is 17.7 Å². The third-order valence-corrected chi connectivity index (χ3v) is 7.10. The molecule has 5 rings (SSSR count). The minimum Gasteiger partial charge on any atom is -0.508 e. The van der Waals surface area contributed by atoms with Gasteiger partial charge in [-0.25, -0.2) is 0 Å². The van der Waals surface area contributed by atoms with E-state index >= 15 is 0 Å². The highest BCUT2D eigenvalue weighted by molar-refractivity contribution is 5.56. The molecule has 160 valence electrons. The van der Waals surface area contributed by atoms with Crippen molar-refractivity contribution in [1.82, 2.24) is 5.32 Å². The highest BCUT2D eigenvalue weighted by Gasteiger charge is 2.24. The Morgan fingerprint density at radius 1 is 0.968 bits per heavy atom. The summed E-state index contributed by atoms with van der Waals surface area (Å²) in [6.45, 7) is 5.31. The van der Waals surface area contributed by atoms with Gasteiger partial charge in [0.05, 0.1) is 0 Å². The lowest BCUT2D eigenvalue weighted by Gasteiger charge is -2.32. The normalized spacial score (nSPS) is 20.0. The largest absolute Gasteiger partial charge is 0.508 e. The number of fused-ring (bicyclic) bond motifs is 1. The van der Waals surface area contributed by atoms with Crippen LogP contribution in [0, 0.1) is 0 Å². The standard InChI is InChI=1S/C28H32N2O/c1-2-30(19-20-7-9-21(10-8-20)27-15-16-29-27)28-6-4-3-5-26(28)24-12-11-23-18-25(31)14-13-22(23)17-24/h3-10,13-14,18,24,27,29,31H,2,11-12,15-17,19H2,1H3/t24-,27?/m1/s1. The first-order valence-corrected chi connectivity index (χ1v) is 11.7. The van der Waals surface area contributed by atoms with Gasteiger partial charge in [0.15, 0.2) is 0 Å². The second kappa shape index (κ2) is 8.76. The smallest absolute Gasteiger partial charge is 0.115 e. The molecule has 3 aromatic rings. The Morgan fingerprint density at radius 2 is 1.77 bits per heavy atom. The molecule has 3 aromatic carbocycles. The number of aryl methyl sites for hydroxylation is 1. The summed E-state index contributed by atoms with van der Waals surface area (Å²) in [7, 11) is 0. The van der Waals surface area contributed by atoms with Crippen LogP contribution < -0.4 is 10.2 Å². The first kappa shape index (κ1) is 20.1. The number of phenols is 1. The Hall–Kier alpha value is -2.78. The van der Waals surface area contributed by atoms with Gasteiger partial charge in [0.2, 0.25) is 0 Å². The van der Waals surface area contributed by atoms with Crippen LogP contribution in [0.5, 0.6) is 5.75 Å². The lowest BCUT2D eigenvalue weighted by atomic mass is 9.79. The molecule has 31 heavy (non-hydrogen) atoms. The van der Waals surface area contributed by atoms with Gasteiger partial charge in [0, 0.05) is 24.8 Å². The maximum Gasteiger partial charge on any atom is 0.115 e. The molecule has 1 saturated heterocycles. The molecule has 0 saturated carbocycles. The minimum atomic E-state index is 0.383. The summed E-state index contributed by atoms with van der Waals surface area (Å²) in [5.74, 6) is 0.906. The van der Waals surface area contributed by atoms with Crippen LogP contribution in [0.4, 0.5) is 5.69 Å². The van der Waals surface area contributed by atoms with Crippen LogP contribution in [0.25, 0.3) is 0 Å². The average Bonchev–Trinajstić information content (AvgIpc) is 2.77. The predicted octanol–water partition coefficient (Wildman–Crippen LogP) is 5.73. The van der Waals surface area contributed by atoms with E-state index in [1.165, 1.54) is 39.9 Å². The van der Waals surface area contributed by atoms with E-state index in [-0.39, 0.29) is 0 Å². The van der Waals surface area contributed by atoms with Crippen molar-refractivity contribution in [3.63, 3.8) is 0 Å². The van der Waals surface area contributed by atoms with E-state index in [1.54, 1.807) is 0 Å². The zero-order valence-electron chi connectivity index (χ0n) is 18.3. The van der Waals surface area contributed by atoms with Crippen molar-refractivity contribution >= 4 is 5.69 Å². The number of hydrogen-bond acceptors (Lipinski definition) is 3. The molecule has 0 amide bonds. The molecule has 1 aliphatic carbocycles. The van der Waals surface area contributed by atoms with Crippen molar-refractivity contribution in [3.8, 4) is 5.75 Å². The zero-order chi connectivity index (χ0) is 21.2. The van der Waals surface area contributed by atoms with Crippen molar-refractivity contribution in [3.05, 3.63) is 94.5 Å². The number of phenolic OH excluding ortho intramolecular Hbond substituents is 1. The molecule has 1 fully saturated rings. The summed E-state index contributed by atoms with van der Waals surface area (Å²) < 4.78 is 0. The summed E-state index contributed by atoms with van der Waals surface area (Å²) in [5, 5.41) is 13.3. The molecule has 1 unspecified atom stereocenters. The van der Waals surface area contributed by atoms with Crippen LogP contribution in [0.2, 0.25) is 0 Å². The summed E-state index contributed by atoms with van der Waals surface area (Å²) in [4.78, 5) is 2.51. The molecule has 2 N–H and O–H groups in total. The maximum atomic E-state index is 9.81. The molecular weight excluding hydrogens is 380 g/mol. The van der Waals surface area contributed by atoms with Crippen molar-refractivity contribution in [2.75, 3.05) is 18.0 Å². The van der Waals surface area contributed by atoms with Gasteiger partial charge < -0.3 is 15.3 Å². The molecular formula is C28H32N2O. The van der Waals surface area contributed by atoms with E-state index in [9.17, 15) is 5.11 Å². The van der Waals surface area contributed by atoms with Crippen LogP contribution in [-0.2, 0) is 19.4 Å². The van der Waals surface area contributed by atoms with Crippen molar-refractivity contribution < 1.29 is 5.11 Å². The molecule has 0 spiro atoms. The maximum absolute atomic E-state index is 9.81. The van der Waals surface area contributed by atoms with Crippen LogP contribution in [0.15, 0.2) is 66.7 Å². The highest BCUT2D eigenvalue weighted by atomic mass is 16.3. The van der Waals surface area contributed by atoms with E-state index < -0.39 is 0 Å². The molecule has 0 aromatic heterocycles. The molecule has 2 aliphatic rings. The summed E-state index contributed by atoms with van der Waals surface area (Å²) >= 11 is 0. The number of anilines is 1. The molecule has 3 heteroatoms. The third-order valence-electron chi connectivity index (χ3n) is 7.10. The van der Waals surface area contributed by atoms with Crippen molar-refractivity contribution in [2.45, 2.75) is 51.1 Å². The van der Waals surface area contributed by atoms with Crippen molar-refractivity contribution in [2.24, 2.45) is 0 Å². The molecule has 1 aliphatic heterocycles. The first-order chi connectivity index (χ1) is 15.2. The Balaban J connectivity index is 1.36. The van der Waals surface area contributed by atoms with Gasteiger partial charge in [-0.15, -0.1) is 0 Å². The van der Waals surface area contributed by atoms with Gasteiger partial charge >= 0.3 is 0 Å². The Bertz CT molecular complexity index is 1040. The summed E-state index contributed by atoms with van der Waals surface area (Å²) in [6.07, 6.45) is 4.46. The monoisotopic (exact) mass is 412 g/mol. The number of nitrogens with zero attached hydrogens (tertiary/aromatic N) is 1. The van der Waals surface area contributed by atoms with Crippen LogP contribution in [0.1, 0.15) is 59.5 Å². The highest BCUT2D eigenvalue weighted by Crippen LogP contribution is 2.38. The van der Waals surface area contributed by atoms with Crippen LogP contribution in [-0.4, -0.2) is 18.2 Å². The van der Waals surface area contributed by atoms with Gasteiger partial charge in [-0.3, -0.25) is 0 Å². The number of benzene rings is 3. The number of rotatable bonds is 6. The second-order valence-corrected chi connectivity index (χ2v) is 9.00. The predicted molar refractivity (Wildman–Crippen MR) is 128 cm³/mol. The lowest BCUT2D eigenvalue weighted by molar-refractivity contribution is 0.383. The SMILES string of the molecule is CCN(Cc1ccc(C2CCN2)cc1)c1ccccc1[C@@H]1CCc2cc(O)ccc2C1. The van der Waals surface area contributed by atoms with E-state index in [2.05, 4.69) is 71.7 Å². The van der Waals surface area contributed by atoms with Crippen LogP contribution in [0.3, 0.4) is 0 Å². The minimum absolute atomic E-state index is 0.383. The Morgan fingerprint density at radius 3 is 2.52 bits per heavy atom. The Labute approximate surface area is 185 Å². The average molecular weight is 413 g/mol. The summed E-state index contributed by atoms with van der Waals surface area (Å²) in [6, 6.07) is 24.6. The summed E-state index contributed by atoms with van der Waals surface area (Å²) in [5.41, 5.74) is 8.28. The topological polar surface area (TPSA) is 35.5 Å². The third kappa shape index (κ3) is 4.20. The van der Waals surface area contributed by atoms with E-state index in [4.69, 9.17) is 0 Å². The fourth-order valence-corrected chi connectivity index (χ4v) is 5.14. The quantitative estimate of drug-likeness (QED) is 0.543. The second-order valence-electron chi connectivity index (χ2n) is 9.00. The molecule has 0 bridgehead atoms. The zero-order valence-corrected chi connectivity index (χ0v) is 18.3. The molecule has 2 atom stereocenters. The van der Waals surface area contributed by atoms with Crippen LogP contribution >= 0.6 is 0 Å². The fourth-order valence-electron chi connectivity index (χ4n) is 5.14. The Kier molecular flexibility index (Phi) is 5.69. The molecule has 3 nitrogen and oxygen atoms in total. The van der Waals surface area contributed by atoms with Gasteiger partial charge in [-0.1, -0.05) is 48.5 Å². The van der Waals surface area contributed by atoms with Gasteiger partial charge in [-0.2, -0.15) is 0 Å². The number of nitrogens with one attached hydrogen (secondary N) is 1. The van der Waals surface area contributed by atoms with Gasteiger partial charge in [-0.05, 0) is 91.1 Å². The van der Waals surface area contributed by atoms with E-state index in [1.807, 2.05) is 12.1 Å². The fraction of sp³-hybridized carbons (Fsp3) is 0.357. The molecule has 0 radical (unpaired) electrons.